The van der Waals surface area contributed by atoms with E-state index >= 15 is 0 Å². The first-order valence-corrected chi connectivity index (χ1v) is 11.4. The summed E-state index contributed by atoms with van der Waals surface area (Å²) in [5, 5.41) is 23.8. The highest BCUT2D eigenvalue weighted by molar-refractivity contribution is 7.89. The number of sulfonamides is 1. The molecule has 2 heterocycles. The maximum atomic E-state index is 12.7. The average Bonchev–Trinajstić information content (AvgIpc) is 3.46. The van der Waals surface area contributed by atoms with E-state index in [9.17, 15) is 28.6 Å². The Balaban J connectivity index is 1.52. The molecule has 170 valence electrons. The van der Waals surface area contributed by atoms with Crippen LogP contribution in [-0.4, -0.2) is 43.2 Å². The molecular formula is C21H18N4O7S. The Bertz CT molecular complexity index is 1390. The van der Waals surface area contributed by atoms with E-state index in [1.54, 1.807) is 24.3 Å². The summed E-state index contributed by atoms with van der Waals surface area (Å²) in [7, 11) is -3.85. The highest BCUT2D eigenvalue weighted by Gasteiger charge is 2.30. The summed E-state index contributed by atoms with van der Waals surface area (Å²) in [5.41, 5.74) is 0.00788. The lowest BCUT2D eigenvalue weighted by Crippen LogP contribution is -2.28. The predicted octanol–water partition coefficient (Wildman–Crippen LogP) is 3.01. The molecule has 0 bridgehead atoms. The maximum absolute atomic E-state index is 12.7. The molecule has 12 heteroatoms. The molecule has 0 aliphatic carbocycles. The van der Waals surface area contributed by atoms with Gasteiger partial charge in [0.25, 0.3) is 5.91 Å². The summed E-state index contributed by atoms with van der Waals surface area (Å²) in [4.78, 5) is 23.0. The second-order valence-electron chi connectivity index (χ2n) is 7.25. The number of ether oxygens (including phenoxy) is 1. The van der Waals surface area contributed by atoms with Crippen LogP contribution in [0.25, 0.3) is 11.0 Å². The van der Waals surface area contributed by atoms with Gasteiger partial charge in [-0.3, -0.25) is 14.9 Å². The van der Waals surface area contributed by atoms with E-state index in [1.807, 2.05) is 6.07 Å². The van der Waals surface area contributed by atoms with E-state index in [-0.39, 0.29) is 22.1 Å². The van der Waals surface area contributed by atoms with Crippen LogP contribution in [0.3, 0.4) is 0 Å². The number of hydrogen-bond donors (Lipinski definition) is 1. The van der Waals surface area contributed by atoms with Gasteiger partial charge in [-0.2, -0.15) is 9.57 Å². The number of carbonyl (C=O) groups is 1. The van der Waals surface area contributed by atoms with Gasteiger partial charge in [-0.05, 0) is 37.1 Å². The van der Waals surface area contributed by atoms with Gasteiger partial charge in [0.2, 0.25) is 15.8 Å². The van der Waals surface area contributed by atoms with Crippen molar-refractivity contribution in [3.05, 3.63) is 58.3 Å². The van der Waals surface area contributed by atoms with Gasteiger partial charge in [0.15, 0.2) is 12.4 Å². The van der Waals surface area contributed by atoms with Gasteiger partial charge in [-0.15, -0.1) is 0 Å². The van der Waals surface area contributed by atoms with Crippen LogP contribution in [0.5, 0.6) is 5.75 Å². The molecular weight excluding hydrogens is 452 g/mol. The van der Waals surface area contributed by atoms with Gasteiger partial charge >= 0.3 is 5.69 Å². The van der Waals surface area contributed by atoms with Crippen molar-refractivity contribution < 1.29 is 27.3 Å². The summed E-state index contributed by atoms with van der Waals surface area (Å²) in [6.07, 6.45) is 1.47. The molecule has 1 aliphatic rings. The summed E-state index contributed by atoms with van der Waals surface area (Å²) in [6, 6.07) is 11.9. The zero-order valence-electron chi connectivity index (χ0n) is 17.2. The van der Waals surface area contributed by atoms with E-state index in [0.717, 1.165) is 25.0 Å². The number of nitro groups is 1. The van der Waals surface area contributed by atoms with Crippen LogP contribution < -0.4 is 10.1 Å². The number of hydrogen-bond acceptors (Lipinski definition) is 8. The number of para-hydroxylation sites is 1. The van der Waals surface area contributed by atoms with Gasteiger partial charge in [0.1, 0.15) is 17.3 Å². The number of fused-ring (bicyclic) bond motifs is 1. The topological polar surface area (TPSA) is 156 Å². The molecule has 1 amide bonds. The van der Waals surface area contributed by atoms with Crippen molar-refractivity contribution in [2.75, 3.05) is 25.0 Å². The third-order valence-electron chi connectivity index (χ3n) is 5.15. The number of carbonyl (C=O) groups excluding carboxylic acids is 1. The fourth-order valence-corrected chi connectivity index (χ4v) is 5.10. The number of anilines is 1. The maximum Gasteiger partial charge on any atom is 0.312 e. The van der Waals surface area contributed by atoms with Crippen molar-refractivity contribution in [3.8, 4) is 11.8 Å². The monoisotopic (exact) mass is 470 g/mol. The van der Waals surface area contributed by atoms with E-state index in [4.69, 9.17) is 9.15 Å². The standard InChI is InChI=1S/C21H18N4O7S/c22-12-19-21(15-5-1-2-6-17(15)32-19)23-20(26)13-31-18-8-7-14(11-16(18)25(27)28)33(29,30)24-9-3-4-10-24/h1-2,5-8,11H,3-4,9-10,13H2,(H,23,26). The lowest BCUT2D eigenvalue weighted by molar-refractivity contribution is -0.386. The average molecular weight is 470 g/mol. The molecule has 1 fully saturated rings. The van der Waals surface area contributed by atoms with Crippen LogP contribution in [-0.2, 0) is 14.8 Å². The van der Waals surface area contributed by atoms with E-state index in [2.05, 4.69) is 5.32 Å². The van der Waals surface area contributed by atoms with E-state index in [0.29, 0.717) is 24.1 Å². The first kappa shape index (κ1) is 22.3. The second-order valence-corrected chi connectivity index (χ2v) is 9.19. The Morgan fingerprint density at radius 1 is 1.24 bits per heavy atom. The minimum atomic E-state index is -3.85. The molecule has 0 radical (unpaired) electrons. The predicted molar refractivity (Wildman–Crippen MR) is 116 cm³/mol. The number of rotatable bonds is 7. The fraction of sp³-hybridized carbons (Fsp3) is 0.238. The first-order valence-electron chi connectivity index (χ1n) is 9.94. The van der Waals surface area contributed by atoms with Crippen LogP contribution in [0.1, 0.15) is 18.6 Å². The SMILES string of the molecule is N#Cc1oc2ccccc2c1NC(=O)COc1ccc(S(=O)(=O)N2CCCC2)cc1[N+](=O)[O-]. The number of benzene rings is 2. The van der Waals surface area contributed by atoms with Gasteiger partial charge in [-0.1, -0.05) is 12.1 Å². The minimum Gasteiger partial charge on any atom is -0.477 e. The summed E-state index contributed by atoms with van der Waals surface area (Å²) >= 11 is 0. The van der Waals surface area contributed by atoms with Crippen molar-refractivity contribution in [3.63, 3.8) is 0 Å². The molecule has 11 nitrogen and oxygen atoms in total. The third-order valence-corrected chi connectivity index (χ3v) is 7.04. The summed E-state index contributed by atoms with van der Waals surface area (Å²) in [5.74, 6) is -1.03. The number of nitro benzene ring substituents is 1. The largest absolute Gasteiger partial charge is 0.477 e. The molecule has 1 aromatic heterocycles. The van der Waals surface area contributed by atoms with Crippen molar-refractivity contribution in [2.24, 2.45) is 0 Å². The Labute approximate surface area is 188 Å². The van der Waals surface area contributed by atoms with Crippen LogP contribution in [0.2, 0.25) is 0 Å². The van der Waals surface area contributed by atoms with Crippen molar-refractivity contribution >= 4 is 38.3 Å². The molecule has 4 rings (SSSR count). The summed E-state index contributed by atoms with van der Waals surface area (Å²) in [6.45, 7) is 0.118. The van der Waals surface area contributed by atoms with Gasteiger partial charge in [0.05, 0.1) is 9.82 Å². The Morgan fingerprint density at radius 2 is 1.97 bits per heavy atom. The lowest BCUT2D eigenvalue weighted by atomic mass is 10.2. The zero-order valence-corrected chi connectivity index (χ0v) is 18.0. The van der Waals surface area contributed by atoms with Crippen molar-refractivity contribution in [2.45, 2.75) is 17.7 Å². The van der Waals surface area contributed by atoms with E-state index < -0.39 is 33.1 Å². The number of nitrogens with one attached hydrogen (secondary N) is 1. The highest BCUT2D eigenvalue weighted by Crippen LogP contribution is 2.33. The quantitative estimate of drug-likeness (QED) is 0.408. The Hall–Kier alpha value is -3.95. The van der Waals surface area contributed by atoms with Crippen molar-refractivity contribution in [1.82, 2.24) is 4.31 Å². The van der Waals surface area contributed by atoms with E-state index in [1.165, 1.54) is 10.4 Å². The molecule has 0 saturated carbocycles. The Kier molecular flexibility index (Phi) is 5.99. The molecule has 1 N–H and O–H groups in total. The Morgan fingerprint density at radius 3 is 2.67 bits per heavy atom. The molecule has 2 aromatic carbocycles. The van der Waals surface area contributed by atoms with Gasteiger partial charge in [-0.25, -0.2) is 8.42 Å². The fourth-order valence-electron chi connectivity index (χ4n) is 3.57. The number of nitrogens with zero attached hydrogens (tertiary/aromatic N) is 3. The zero-order chi connectivity index (χ0) is 23.6. The minimum absolute atomic E-state index is 0.0907. The number of amides is 1. The van der Waals surface area contributed by atoms with Crippen LogP contribution in [0.15, 0.2) is 51.8 Å². The van der Waals surface area contributed by atoms with Gasteiger partial charge in [0, 0.05) is 24.5 Å². The molecule has 33 heavy (non-hydrogen) atoms. The normalized spacial score (nSPS) is 14.2. The van der Waals surface area contributed by atoms with Crippen LogP contribution >= 0.6 is 0 Å². The number of furan rings is 1. The molecule has 1 aliphatic heterocycles. The van der Waals surface area contributed by atoms with Gasteiger partial charge < -0.3 is 14.5 Å². The summed E-state index contributed by atoms with van der Waals surface area (Å²) < 4.78 is 37.4. The van der Waals surface area contributed by atoms with Crippen LogP contribution in [0, 0.1) is 21.4 Å². The van der Waals surface area contributed by atoms with Crippen LogP contribution in [0.4, 0.5) is 11.4 Å². The number of nitriles is 1. The highest BCUT2D eigenvalue weighted by atomic mass is 32.2. The van der Waals surface area contributed by atoms with Crippen molar-refractivity contribution in [1.29, 1.82) is 5.26 Å². The molecule has 1 saturated heterocycles. The molecule has 0 atom stereocenters. The molecule has 0 spiro atoms. The smallest absolute Gasteiger partial charge is 0.312 e. The molecule has 0 unspecified atom stereocenters. The third kappa shape index (κ3) is 4.36. The second kappa shape index (κ2) is 8.89. The lowest BCUT2D eigenvalue weighted by Gasteiger charge is -2.15. The molecule has 3 aromatic rings. The first-order chi connectivity index (χ1) is 15.8.